The van der Waals surface area contributed by atoms with Crippen LogP contribution in [0.4, 0.5) is 5.69 Å². The third kappa shape index (κ3) is 4.46. The van der Waals surface area contributed by atoms with Gasteiger partial charge in [0.05, 0.1) is 0 Å². The summed E-state index contributed by atoms with van der Waals surface area (Å²) in [7, 11) is 2.06. The lowest BCUT2D eigenvalue weighted by Crippen LogP contribution is -2.27. The fourth-order valence-electron chi connectivity index (χ4n) is 2.27. The highest BCUT2D eigenvalue weighted by Crippen LogP contribution is 2.07. The highest BCUT2D eigenvalue weighted by Gasteiger charge is 2.02. The number of hydrogen-bond donors (Lipinski definition) is 1. The molecule has 2 rings (SSSR count). The smallest absolute Gasteiger partial charge is 0.250 e. The average Bonchev–Trinajstić information content (AvgIpc) is 2.49. The normalized spacial score (nSPS) is 11.0. The van der Waals surface area contributed by atoms with Crippen LogP contribution in [0, 0.1) is 0 Å². The Morgan fingerprint density at radius 2 is 1.76 bits per heavy atom. The van der Waals surface area contributed by atoms with Gasteiger partial charge in [0, 0.05) is 37.6 Å². The minimum atomic E-state index is -0.00935. The van der Waals surface area contributed by atoms with Crippen molar-refractivity contribution in [2.75, 3.05) is 19.3 Å². The van der Waals surface area contributed by atoms with E-state index in [9.17, 15) is 4.79 Å². The van der Waals surface area contributed by atoms with Crippen LogP contribution in [0.3, 0.4) is 0 Å². The molecule has 4 nitrogen and oxygen atoms in total. The van der Waals surface area contributed by atoms with Crippen molar-refractivity contribution in [1.29, 1.82) is 0 Å². The van der Waals surface area contributed by atoms with E-state index in [1.165, 1.54) is 17.2 Å². The molecule has 2 N–H and O–H groups in total. The van der Waals surface area contributed by atoms with Gasteiger partial charge in [-0.15, -0.1) is 0 Å². The van der Waals surface area contributed by atoms with E-state index in [0.29, 0.717) is 12.2 Å². The van der Waals surface area contributed by atoms with Gasteiger partial charge in [0.15, 0.2) is 0 Å². The Morgan fingerprint density at radius 3 is 2.43 bits per heavy atom. The van der Waals surface area contributed by atoms with Gasteiger partial charge in [-0.05, 0) is 30.7 Å². The molecule has 0 fully saturated rings. The molecule has 0 unspecified atom stereocenters. The van der Waals surface area contributed by atoms with Crippen LogP contribution in [0.1, 0.15) is 18.1 Å². The Labute approximate surface area is 125 Å². The first-order valence-electron chi connectivity index (χ1n) is 7.31. The van der Waals surface area contributed by atoms with Crippen molar-refractivity contribution in [3.63, 3.8) is 0 Å². The molecule has 0 aliphatic rings. The van der Waals surface area contributed by atoms with Crippen LogP contribution >= 0.6 is 0 Å². The molecular weight excluding hydrogens is 262 g/mol. The molecule has 1 aromatic heterocycles. The highest BCUT2D eigenvalue weighted by molar-refractivity contribution is 5.33. The summed E-state index contributed by atoms with van der Waals surface area (Å²) in [5.41, 5.74) is 8.96. The lowest BCUT2D eigenvalue weighted by molar-refractivity contribution is 0.310. The number of anilines is 1. The van der Waals surface area contributed by atoms with Crippen molar-refractivity contribution in [1.82, 2.24) is 9.47 Å². The molecule has 1 heterocycles. The standard InChI is InChI=1S/C17H23N3O/c1-3-14-4-6-15(7-5-14)12-19(2)10-11-20-13-16(18)8-9-17(20)21/h4-9,13H,3,10-12,18H2,1-2H3. The Balaban J connectivity index is 1.90. The van der Waals surface area contributed by atoms with Crippen LogP contribution in [0.5, 0.6) is 0 Å². The number of nitrogen functional groups attached to an aromatic ring is 1. The maximum atomic E-state index is 11.7. The molecule has 0 saturated heterocycles. The number of benzene rings is 1. The largest absolute Gasteiger partial charge is 0.398 e. The second-order valence-corrected chi connectivity index (χ2v) is 5.40. The quantitative estimate of drug-likeness (QED) is 0.884. The van der Waals surface area contributed by atoms with E-state index in [1.54, 1.807) is 16.8 Å². The predicted octanol–water partition coefficient (Wildman–Crippen LogP) is 2.12. The van der Waals surface area contributed by atoms with Crippen LogP contribution in [-0.4, -0.2) is 23.1 Å². The first-order chi connectivity index (χ1) is 10.1. The summed E-state index contributed by atoms with van der Waals surface area (Å²) in [5, 5.41) is 0. The molecule has 0 aliphatic carbocycles. The Bertz CT molecular complexity index is 631. The molecule has 2 aromatic rings. The molecule has 1 aromatic carbocycles. The van der Waals surface area contributed by atoms with Crippen LogP contribution in [-0.2, 0) is 19.5 Å². The van der Waals surface area contributed by atoms with Gasteiger partial charge < -0.3 is 15.2 Å². The molecule has 0 aliphatic heterocycles. The van der Waals surface area contributed by atoms with Crippen molar-refractivity contribution >= 4 is 5.69 Å². The predicted molar refractivity (Wildman–Crippen MR) is 87.3 cm³/mol. The fourth-order valence-corrected chi connectivity index (χ4v) is 2.27. The van der Waals surface area contributed by atoms with E-state index in [0.717, 1.165) is 19.5 Å². The van der Waals surface area contributed by atoms with E-state index in [2.05, 4.69) is 43.1 Å². The van der Waals surface area contributed by atoms with Crippen molar-refractivity contribution < 1.29 is 0 Å². The van der Waals surface area contributed by atoms with Crippen molar-refractivity contribution in [3.05, 3.63) is 64.1 Å². The van der Waals surface area contributed by atoms with Gasteiger partial charge in [0.1, 0.15) is 0 Å². The van der Waals surface area contributed by atoms with E-state index in [4.69, 9.17) is 5.73 Å². The second-order valence-electron chi connectivity index (χ2n) is 5.40. The maximum Gasteiger partial charge on any atom is 0.250 e. The number of rotatable bonds is 6. The monoisotopic (exact) mass is 285 g/mol. The molecule has 112 valence electrons. The Morgan fingerprint density at radius 1 is 1.10 bits per heavy atom. The summed E-state index contributed by atoms with van der Waals surface area (Å²) in [4.78, 5) is 13.9. The summed E-state index contributed by atoms with van der Waals surface area (Å²) >= 11 is 0. The first kappa shape index (κ1) is 15.3. The third-order valence-corrected chi connectivity index (χ3v) is 3.61. The lowest BCUT2D eigenvalue weighted by Gasteiger charge is -2.17. The van der Waals surface area contributed by atoms with E-state index in [-0.39, 0.29) is 5.56 Å². The number of hydrogen-bond acceptors (Lipinski definition) is 3. The summed E-state index contributed by atoms with van der Waals surface area (Å²) < 4.78 is 1.66. The van der Waals surface area contributed by atoms with Crippen molar-refractivity contribution in [3.8, 4) is 0 Å². The molecule has 0 saturated carbocycles. The van der Waals surface area contributed by atoms with Crippen molar-refractivity contribution in [2.24, 2.45) is 0 Å². The number of likely N-dealkylation sites (N-methyl/N-ethyl adjacent to an activating group) is 1. The minimum Gasteiger partial charge on any atom is -0.398 e. The van der Waals surface area contributed by atoms with Crippen LogP contribution in [0.15, 0.2) is 47.4 Å². The summed E-state index contributed by atoms with van der Waals surface area (Å²) in [6.07, 6.45) is 2.76. The van der Waals surface area contributed by atoms with Gasteiger partial charge in [0.2, 0.25) is 0 Å². The molecule has 0 bridgehead atoms. The Hall–Kier alpha value is -2.07. The van der Waals surface area contributed by atoms with Gasteiger partial charge in [-0.3, -0.25) is 4.79 Å². The van der Waals surface area contributed by atoms with Crippen LogP contribution < -0.4 is 11.3 Å². The number of nitrogens with two attached hydrogens (primary N) is 1. The minimum absolute atomic E-state index is 0.00935. The molecule has 0 atom stereocenters. The van der Waals surface area contributed by atoms with Gasteiger partial charge in [-0.1, -0.05) is 31.2 Å². The van der Waals surface area contributed by atoms with Crippen LogP contribution in [0.25, 0.3) is 0 Å². The summed E-state index contributed by atoms with van der Waals surface area (Å²) in [6, 6.07) is 11.8. The molecular formula is C17H23N3O. The number of aryl methyl sites for hydroxylation is 1. The summed E-state index contributed by atoms with van der Waals surface area (Å²) in [6.45, 7) is 4.48. The zero-order valence-electron chi connectivity index (χ0n) is 12.7. The van der Waals surface area contributed by atoms with Gasteiger partial charge in [-0.25, -0.2) is 0 Å². The zero-order valence-corrected chi connectivity index (χ0v) is 12.7. The van der Waals surface area contributed by atoms with Crippen LogP contribution in [0.2, 0.25) is 0 Å². The van der Waals surface area contributed by atoms with Gasteiger partial charge >= 0.3 is 0 Å². The van der Waals surface area contributed by atoms with Gasteiger partial charge in [-0.2, -0.15) is 0 Å². The van der Waals surface area contributed by atoms with E-state index < -0.39 is 0 Å². The second kappa shape index (κ2) is 7.09. The SMILES string of the molecule is CCc1ccc(CN(C)CCn2cc(N)ccc2=O)cc1. The molecule has 4 heteroatoms. The van der Waals surface area contributed by atoms with E-state index >= 15 is 0 Å². The number of pyridine rings is 1. The molecule has 0 radical (unpaired) electrons. The number of aromatic nitrogens is 1. The van der Waals surface area contributed by atoms with E-state index in [1.807, 2.05) is 0 Å². The zero-order chi connectivity index (χ0) is 15.2. The summed E-state index contributed by atoms with van der Waals surface area (Å²) in [5.74, 6) is 0. The average molecular weight is 285 g/mol. The van der Waals surface area contributed by atoms with Gasteiger partial charge in [0.25, 0.3) is 5.56 Å². The highest BCUT2D eigenvalue weighted by atomic mass is 16.1. The third-order valence-electron chi connectivity index (χ3n) is 3.61. The molecule has 21 heavy (non-hydrogen) atoms. The Kier molecular flexibility index (Phi) is 5.17. The topological polar surface area (TPSA) is 51.3 Å². The number of nitrogens with zero attached hydrogens (tertiary/aromatic N) is 2. The lowest BCUT2D eigenvalue weighted by atomic mass is 10.1. The molecule has 0 amide bonds. The first-order valence-corrected chi connectivity index (χ1v) is 7.31. The fraction of sp³-hybridized carbons (Fsp3) is 0.353. The molecule has 0 spiro atoms. The van der Waals surface area contributed by atoms with Crippen molar-refractivity contribution in [2.45, 2.75) is 26.4 Å². The maximum absolute atomic E-state index is 11.7.